The number of benzene rings is 1. The van der Waals surface area contributed by atoms with Gasteiger partial charge in [0.15, 0.2) is 0 Å². The molecule has 102 valence electrons. The number of nitrogens with one attached hydrogen (secondary N) is 1. The molecular weight excluding hydrogens is 255 g/mol. The highest BCUT2D eigenvalue weighted by molar-refractivity contribution is 7.90. The largest absolute Gasteiger partial charge is 0.326 e. The van der Waals surface area contributed by atoms with Gasteiger partial charge < -0.3 is 5.73 Å². The summed E-state index contributed by atoms with van der Waals surface area (Å²) in [6.07, 6.45) is 0. The van der Waals surface area contributed by atoms with Gasteiger partial charge in [-0.2, -0.15) is 0 Å². The summed E-state index contributed by atoms with van der Waals surface area (Å²) >= 11 is 0. The Morgan fingerprint density at radius 2 is 1.94 bits per heavy atom. The van der Waals surface area contributed by atoms with Crippen molar-refractivity contribution in [1.29, 1.82) is 0 Å². The lowest BCUT2D eigenvalue weighted by Crippen LogP contribution is -2.39. The monoisotopic (exact) mass is 274 g/mol. The summed E-state index contributed by atoms with van der Waals surface area (Å²) in [5.41, 5.74) is 6.37. The maximum absolute atomic E-state index is 13.6. The van der Waals surface area contributed by atoms with Gasteiger partial charge in [0, 0.05) is 18.7 Å². The van der Waals surface area contributed by atoms with Gasteiger partial charge in [0.25, 0.3) is 0 Å². The van der Waals surface area contributed by atoms with Crippen LogP contribution in [0.25, 0.3) is 0 Å². The van der Waals surface area contributed by atoms with Crippen LogP contribution in [0.15, 0.2) is 18.2 Å². The molecule has 0 spiro atoms. The number of halogens is 1. The summed E-state index contributed by atoms with van der Waals surface area (Å²) in [6, 6.07) is 4.55. The van der Waals surface area contributed by atoms with E-state index in [0.717, 1.165) is 0 Å². The predicted octanol–water partition coefficient (Wildman–Crippen LogP) is 1.50. The fraction of sp³-hybridized carbons (Fsp3) is 0.500. The molecule has 1 rings (SSSR count). The van der Waals surface area contributed by atoms with Gasteiger partial charge in [-0.3, -0.25) is 0 Å². The smallest absolute Gasteiger partial charge is 0.216 e. The van der Waals surface area contributed by atoms with Gasteiger partial charge in [-0.05, 0) is 32.4 Å². The summed E-state index contributed by atoms with van der Waals surface area (Å²) in [5.74, 6) is -0.449. The van der Waals surface area contributed by atoms with Crippen LogP contribution in [0.3, 0.4) is 0 Å². The van der Waals surface area contributed by atoms with Gasteiger partial charge in [0.05, 0.1) is 4.75 Å². The maximum atomic E-state index is 13.6. The first-order valence-corrected chi connectivity index (χ1v) is 7.12. The molecule has 0 bridgehead atoms. The van der Waals surface area contributed by atoms with Crippen LogP contribution in [0.1, 0.15) is 31.9 Å². The van der Waals surface area contributed by atoms with Crippen molar-refractivity contribution in [1.82, 2.24) is 4.72 Å². The van der Waals surface area contributed by atoms with Crippen molar-refractivity contribution in [3.05, 3.63) is 35.1 Å². The van der Waals surface area contributed by atoms with Crippen LogP contribution in [-0.2, 0) is 23.1 Å². The SMILES string of the molecule is CC(C)(C)S(=O)(=O)NCc1ccc(CN)cc1F. The third-order valence-corrected chi connectivity index (χ3v) is 4.75. The van der Waals surface area contributed by atoms with Gasteiger partial charge >= 0.3 is 0 Å². The Balaban J connectivity index is 2.82. The number of hydrogen-bond donors (Lipinski definition) is 2. The van der Waals surface area contributed by atoms with E-state index < -0.39 is 20.6 Å². The molecule has 3 N–H and O–H groups in total. The standard InChI is InChI=1S/C12H19FN2O2S/c1-12(2,3)18(16,17)15-8-10-5-4-9(7-14)6-11(10)13/h4-6,15H,7-8,14H2,1-3H3. The molecule has 0 heterocycles. The topological polar surface area (TPSA) is 72.2 Å². The zero-order valence-electron chi connectivity index (χ0n) is 10.8. The van der Waals surface area contributed by atoms with Crippen molar-refractivity contribution in [2.75, 3.05) is 0 Å². The second kappa shape index (κ2) is 5.34. The molecule has 0 aliphatic rings. The predicted molar refractivity (Wildman–Crippen MR) is 69.8 cm³/mol. The first-order chi connectivity index (χ1) is 8.17. The zero-order chi connectivity index (χ0) is 14.0. The van der Waals surface area contributed by atoms with Gasteiger partial charge in [-0.15, -0.1) is 0 Å². The van der Waals surface area contributed by atoms with E-state index >= 15 is 0 Å². The summed E-state index contributed by atoms with van der Waals surface area (Å²) in [6.45, 7) is 4.96. The van der Waals surface area contributed by atoms with Crippen LogP contribution in [0.4, 0.5) is 4.39 Å². The molecule has 0 fully saturated rings. The van der Waals surface area contributed by atoms with E-state index in [1.54, 1.807) is 32.9 Å². The molecule has 0 amide bonds. The van der Waals surface area contributed by atoms with Gasteiger partial charge in [0.1, 0.15) is 5.82 Å². The molecule has 0 saturated carbocycles. The van der Waals surface area contributed by atoms with Crippen LogP contribution in [0, 0.1) is 5.82 Å². The summed E-state index contributed by atoms with van der Waals surface area (Å²) in [5, 5.41) is 0. The molecule has 18 heavy (non-hydrogen) atoms. The molecule has 0 radical (unpaired) electrons. The Morgan fingerprint density at radius 1 is 1.33 bits per heavy atom. The van der Waals surface area contributed by atoms with Crippen LogP contribution < -0.4 is 10.5 Å². The molecule has 4 nitrogen and oxygen atoms in total. The van der Waals surface area contributed by atoms with E-state index in [-0.39, 0.29) is 13.1 Å². The molecule has 0 saturated heterocycles. The summed E-state index contributed by atoms with van der Waals surface area (Å²) in [4.78, 5) is 0. The van der Waals surface area contributed by atoms with Crippen molar-refractivity contribution in [3.63, 3.8) is 0 Å². The molecular formula is C12H19FN2O2S. The van der Waals surface area contributed by atoms with Crippen molar-refractivity contribution >= 4 is 10.0 Å². The van der Waals surface area contributed by atoms with E-state index in [4.69, 9.17) is 5.73 Å². The second-order valence-corrected chi connectivity index (χ2v) is 7.59. The first kappa shape index (κ1) is 15.1. The summed E-state index contributed by atoms with van der Waals surface area (Å²) in [7, 11) is -3.47. The first-order valence-electron chi connectivity index (χ1n) is 5.64. The molecule has 6 heteroatoms. The van der Waals surface area contributed by atoms with E-state index in [1.165, 1.54) is 6.07 Å². The van der Waals surface area contributed by atoms with E-state index in [0.29, 0.717) is 11.1 Å². The third-order valence-electron chi connectivity index (χ3n) is 2.61. The molecule has 0 aliphatic carbocycles. The Morgan fingerprint density at radius 3 is 2.39 bits per heavy atom. The van der Waals surface area contributed by atoms with E-state index in [2.05, 4.69) is 4.72 Å². The Bertz CT molecular complexity index is 521. The average molecular weight is 274 g/mol. The van der Waals surface area contributed by atoms with E-state index in [9.17, 15) is 12.8 Å². The van der Waals surface area contributed by atoms with Gasteiger partial charge in [0.2, 0.25) is 10.0 Å². The number of rotatable bonds is 4. The molecule has 0 unspecified atom stereocenters. The van der Waals surface area contributed by atoms with Crippen LogP contribution >= 0.6 is 0 Å². The minimum absolute atomic E-state index is 0.0592. The van der Waals surface area contributed by atoms with Crippen molar-refractivity contribution in [2.24, 2.45) is 5.73 Å². The highest BCUT2D eigenvalue weighted by Crippen LogP contribution is 2.15. The normalized spacial score (nSPS) is 12.7. The van der Waals surface area contributed by atoms with Crippen molar-refractivity contribution in [3.8, 4) is 0 Å². The highest BCUT2D eigenvalue weighted by Gasteiger charge is 2.28. The minimum Gasteiger partial charge on any atom is -0.326 e. The zero-order valence-corrected chi connectivity index (χ0v) is 11.6. The maximum Gasteiger partial charge on any atom is 0.216 e. The fourth-order valence-corrected chi connectivity index (χ4v) is 2.03. The molecule has 0 aliphatic heterocycles. The van der Waals surface area contributed by atoms with E-state index in [1.807, 2.05) is 0 Å². The molecule has 0 aromatic heterocycles. The molecule has 1 aromatic rings. The lowest BCUT2D eigenvalue weighted by molar-refractivity contribution is 0.541. The Labute approximate surface area is 107 Å². The Hall–Kier alpha value is -0.980. The average Bonchev–Trinajstić information content (AvgIpc) is 2.25. The number of nitrogens with two attached hydrogens (primary N) is 1. The fourth-order valence-electron chi connectivity index (χ4n) is 1.25. The lowest BCUT2D eigenvalue weighted by atomic mass is 10.1. The van der Waals surface area contributed by atoms with Gasteiger partial charge in [-0.1, -0.05) is 12.1 Å². The Kier molecular flexibility index (Phi) is 4.47. The highest BCUT2D eigenvalue weighted by atomic mass is 32.2. The number of sulfonamides is 1. The van der Waals surface area contributed by atoms with Gasteiger partial charge in [-0.25, -0.2) is 17.5 Å². The van der Waals surface area contributed by atoms with Crippen molar-refractivity contribution in [2.45, 2.75) is 38.6 Å². The third kappa shape index (κ3) is 3.51. The lowest BCUT2D eigenvalue weighted by Gasteiger charge is -2.19. The quantitative estimate of drug-likeness (QED) is 0.874. The van der Waals surface area contributed by atoms with Crippen molar-refractivity contribution < 1.29 is 12.8 Å². The molecule has 1 aromatic carbocycles. The van der Waals surface area contributed by atoms with Crippen LogP contribution in [0.5, 0.6) is 0 Å². The van der Waals surface area contributed by atoms with Crippen LogP contribution in [-0.4, -0.2) is 13.2 Å². The minimum atomic E-state index is -3.47. The molecule has 0 atom stereocenters. The number of hydrogen-bond acceptors (Lipinski definition) is 3. The summed E-state index contributed by atoms with van der Waals surface area (Å²) < 4.78 is 38.7. The van der Waals surface area contributed by atoms with Crippen LogP contribution in [0.2, 0.25) is 0 Å². The second-order valence-electron chi connectivity index (χ2n) is 5.07.